The van der Waals surface area contributed by atoms with Gasteiger partial charge in [-0.2, -0.15) is 0 Å². The largest absolute Gasteiger partial charge is 0.481 e. The summed E-state index contributed by atoms with van der Waals surface area (Å²) < 4.78 is 0. The third-order valence-corrected chi connectivity index (χ3v) is 4.19. The van der Waals surface area contributed by atoms with Gasteiger partial charge in [0.2, 0.25) is 0 Å². The highest BCUT2D eigenvalue weighted by Gasteiger charge is 2.06. The molecule has 0 aliphatic carbocycles. The molecule has 0 saturated heterocycles. The molecule has 1 atom stereocenters. The van der Waals surface area contributed by atoms with Crippen LogP contribution in [0.25, 0.3) is 0 Å². The first-order chi connectivity index (χ1) is 11.6. The number of rotatable bonds is 15. The van der Waals surface area contributed by atoms with Gasteiger partial charge in [0.1, 0.15) is 0 Å². The number of unbranched alkanes of at least 4 members (excludes halogenated alkanes) is 5. The van der Waals surface area contributed by atoms with Crippen LogP contribution in [-0.4, -0.2) is 11.1 Å². The average molecular weight is 335 g/mol. The van der Waals surface area contributed by atoms with Crippen molar-refractivity contribution in [1.82, 2.24) is 0 Å². The molecule has 0 fully saturated rings. The molecular formula is C22H38O2. The Morgan fingerprint density at radius 1 is 1.00 bits per heavy atom. The molecule has 0 aromatic rings. The zero-order valence-electron chi connectivity index (χ0n) is 16.1. The van der Waals surface area contributed by atoms with Crippen molar-refractivity contribution in [2.24, 2.45) is 5.92 Å². The molecule has 1 N–H and O–H groups in total. The maximum absolute atomic E-state index is 10.6. The van der Waals surface area contributed by atoms with Crippen molar-refractivity contribution in [2.45, 2.75) is 91.4 Å². The Kier molecular flexibility index (Phi) is 15.6. The third kappa shape index (κ3) is 17.1. The summed E-state index contributed by atoms with van der Waals surface area (Å²) in [6.45, 7) is 6.47. The van der Waals surface area contributed by atoms with E-state index in [1.807, 2.05) is 6.92 Å². The lowest BCUT2D eigenvalue weighted by atomic mass is 10.00. The van der Waals surface area contributed by atoms with Crippen LogP contribution < -0.4 is 0 Å². The molecule has 138 valence electrons. The minimum absolute atomic E-state index is 0.298. The molecule has 0 aliphatic heterocycles. The van der Waals surface area contributed by atoms with Crippen LogP contribution in [0.5, 0.6) is 0 Å². The highest BCUT2D eigenvalue weighted by molar-refractivity contribution is 5.66. The van der Waals surface area contributed by atoms with Crippen LogP contribution >= 0.6 is 0 Å². The maximum Gasteiger partial charge on any atom is 0.303 e. The highest BCUT2D eigenvalue weighted by atomic mass is 16.4. The molecule has 0 amide bonds. The summed E-state index contributed by atoms with van der Waals surface area (Å²) >= 11 is 0. The molecule has 0 aliphatic rings. The molecule has 0 rings (SSSR count). The van der Waals surface area contributed by atoms with Gasteiger partial charge in [0.15, 0.2) is 0 Å². The average Bonchev–Trinajstić information content (AvgIpc) is 2.52. The van der Waals surface area contributed by atoms with Crippen LogP contribution in [0.15, 0.2) is 36.0 Å². The summed E-state index contributed by atoms with van der Waals surface area (Å²) in [5.41, 5.74) is 1.44. The van der Waals surface area contributed by atoms with Crippen LogP contribution in [0.3, 0.4) is 0 Å². The molecule has 0 bridgehead atoms. The molecule has 2 nitrogen and oxygen atoms in total. The Hall–Kier alpha value is -1.31. The van der Waals surface area contributed by atoms with E-state index in [9.17, 15) is 4.79 Å². The van der Waals surface area contributed by atoms with Crippen molar-refractivity contribution >= 4 is 5.97 Å². The topological polar surface area (TPSA) is 37.3 Å². The van der Waals surface area contributed by atoms with Gasteiger partial charge in [-0.3, -0.25) is 4.79 Å². The monoisotopic (exact) mass is 334 g/mol. The summed E-state index contributed by atoms with van der Waals surface area (Å²) in [6, 6.07) is 0. The summed E-state index contributed by atoms with van der Waals surface area (Å²) in [4.78, 5) is 10.6. The van der Waals surface area contributed by atoms with Crippen molar-refractivity contribution in [2.75, 3.05) is 0 Å². The van der Waals surface area contributed by atoms with E-state index >= 15 is 0 Å². The number of allylic oxidation sites excluding steroid dienone is 6. The van der Waals surface area contributed by atoms with Crippen LogP contribution in [0.2, 0.25) is 0 Å². The van der Waals surface area contributed by atoms with Crippen molar-refractivity contribution in [3.63, 3.8) is 0 Å². The van der Waals surface area contributed by atoms with Crippen LogP contribution in [-0.2, 0) is 4.79 Å². The number of carbonyl (C=O) groups is 1. The molecule has 0 aromatic carbocycles. The Morgan fingerprint density at radius 3 is 2.33 bits per heavy atom. The molecule has 0 aromatic heterocycles. The van der Waals surface area contributed by atoms with Gasteiger partial charge in [-0.05, 0) is 51.4 Å². The van der Waals surface area contributed by atoms with Crippen molar-refractivity contribution in [3.8, 4) is 0 Å². The Bertz CT molecular complexity index is 391. The fourth-order valence-corrected chi connectivity index (χ4v) is 2.62. The van der Waals surface area contributed by atoms with E-state index < -0.39 is 5.97 Å². The van der Waals surface area contributed by atoms with Crippen molar-refractivity contribution in [3.05, 3.63) is 36.0 Å². The fraction of sp³-hybridized carbons (Fsp3) is 0.682. The van der Waals surface area contributed by atoms with Gasteiger partial charge < -0.3 is 5.11 Å². The van der Waals surface area contributed by atoms with Gasteiger partial charge in [-0.15, -0.1) is 0 Å². The second-order valence-electron chi connectivity index (χ2n) is 6.92. The standard InChI is InChI=1S/C22H38O2/c1-4-5-6-7-10-13-16-20(2)17-14-11-8-9-12-15-18-21(3)19-22(23)24/h8,10-11,13,17,21H,4-7,9,12,14-16,18-19H2,1-3H3,(H,23,24). The van der Waals surface area contributed by atoms with E-state index in [2.05, 4.69) is 44.2 Å². The SMILES string of the molecule is CCCCCC=CCC(C)=CCC=CCCCCC(C)CC(=O)O. The van der Waals surface area contributed by atoms with Crippen LogP contribution in [0.1, 0.15) is 91.4 Å². The number of carboxylic acid groups (broad SMARTS) is 1. The van der Waals surface area contributed by atoms with Gasteiger partial charge in [0.05, 0.1) is 0 Å². The second kappa shape index (κ2) is 16.5. The van der Waals surface area contributed by atoms with Gasteiger partial charge in [-0.25, -0.2) is 0 Å². The minimum Gasteiger partial charge on any atom is -0.481 e. The van der Waals surface area contributed by atoms with Crippen molar-refractivity contribution < 1.29 is 9.90 Å². The summed E-state index contributed by atoms with van der Waals surface area (Å²) in [7, 11) is 0. The smallest absolute Gasteiger partial charge is 0.303 e. The zero-order valence-corrected chi connectivity index (χ0v) is 16.1. The number of hydrogen-bond donors (Lipinski definition) is 1. The second-order valence-corrected chi connectivity index (χ2v) is 6.92. The molecule has 1 unspecified atom stereocenters. The quantitative estimate of drug-likeness (QED) is 0.257. The van der Waals surface area contributed by atoms with Gasteiger partial charge >= 0.3 is 5.97 Å². The van der Waals surface area contributed by atoms with Gasteiger partial charge in [0, 0.05) is 6.42 Å². The Morgan fingerprint density at radius 2 is 1.67 bits per heavy atom. The lowest BCUT2D eigenvalue weighted by Gasteiger charge is -2.06. The predicted octanol–water partition coefficient (Wildman–Crippen LogP) is 7.08. The lowest BCUT2D eigenvalue weighted by molar-refractivity contribution is -0.138. The van der Waals surface area contributed by atoms with E-state index in [1.54, 1.807) is 0 Å². The van der Waals surface area contributed by atoms with Crippen molar-refractivity contribution in [1.29, 1.82) is 0 Å². The minimum atomic E-state index is -0.680. The number of aliphatic carboxylic acids is 1. The summed E-state index contributed by atoms with van der Waals surface area (Å²) in [5.74, 6) is -0.382. The first kappa shape index (κ1) is 22.7. The normalized spacial score (nSPS) is 13.9. The molecule has 0 radical (unpaired) electrons. The first-order valence-corrected chi connectivity index (χ1v) is 9.73. The van der Waals surface area contributed by atoms with E-state index in [-0.39, 0.29) is 0 Å². The number of carboxylic acids is 1. The van der Waals surface area contributed by atoms with Crippen LogP contribution in [0, 0.1) is 5.92 Å². The fourth-order valence-electron chi connectivity index (χ4n) is 2.62. The zero-order chi connectivity index (χ0) is 18.0. The highest BCUT2D eigenvalue weighted by Crippen LogP contribution is 2.13. The summed E-state index contributed by atoms with van der Waals surface area (Å²) in [6.07, 6.45) is 23.4. The lowest BCUT2D eigenvalue weighted by Crippen LogP contribution is -2.03. The van der Waals surface area contributed by atoms with E-state index in [0.29, 0.717) is 12.3 Å². The van der Waals surface area contributed by atoms with E-state index in [1.165, 1.54) is 31.3 Å². The van der Waals surface area contributed by atoms with E-state index in [4.69, 9.17) is 5.11 Å². The molecule has 0 spiro atoms. The number of hydrogen-bond acceptors (Lipinski definition) is 1. The molecular weight excluding hydrogens is 296 g/mol. The summed E-state index contributed by atoms with van der Waals surface area (Å²) in [5, 5.41) is 8.71. The van der Waals surface area contributed by atoms with Crippen LogP contribution in [0.4, 0.5) is 0 Å². The predicted molar refractivity (Wildman–Crippen MR) is 105 cm³/mol. The first-order valence-electron chi connectivity index (χ1n) is 9.73. The molecule has 24 heavy (non-hydrogen) atoms. The Balaban J connectivity index is 3.60. The molecule has 0 saturated carbocycles. The molecule has 0 heterocycles. The maximum atomic E-state index is 10.6. The van der Waals surface area contributed by atoms with Gasteiger partial charge in [-0.1, -0.05) is 75.5 Å². The molecule has 2 heteroatoms. The van der Waals surface area contributed by atoms with Gasteiger partial charge in [0.25, 0.3) is 0 Å². The third-order valence-electron chi connectivity index (χ3n) is 4.19. The van der Waals surface area contributed by atoms with E-state index in [0.717, 1.165) is 38.5 Å². The Labute approximate surface area is 149 Å².